The summed E-state index contributed by atoms with van der Waals surface area (Å²) in [6, 6.07) is 0. The molecule has 0 heterocycles. The third kappa shape index (κ3) is 6.95. The summed E-state index contributed by atoms with van der Waals surface area (Å²) in [4.78, 5) is 0. The molecule has 0 radical (unpaired) electrons. The van der Waals surface area contributed by atoms with E-state index in [0.717, 1.165) is 19.3 Å². The molecule has 0 aromatic rings. The van der Waals surface area contributed by atoms with E-state index in [9.17, 15) is 26.2 Å². The van der Waals surface area contributed by atoms with E-state index in [-0.39, 0.29) is 12.2 Å². The van der Waals surface area contributed by atoms with Crippen molar-refractivity contribution in [2.45, 2.75) is 51.1 Å². The maximum atomic E-state index is 12.5. The van der Waals surface area contributed by atoms with Crippen molar-refractivity contribution in [3.8, 4) is 0 Å². The molecular formula is C10H17F5OS. The topological polar surface area (TPSA) is 17.1 Å². The van der Waals surface area contributed by atoms with E-state index in [4.69, 9.17) is 0 Å². The van der Waals surface area contributed by atoms with Gasteiger partial charge in [0, 0.05) is 28.7 Å². The van der Waals surface area contributed by atoms with Crippen LogP contribution in [0.2, 0.25) is 0 Å². The number of alkyl halides is 5. The summed E-state index contributed by atoms with van der Waals surface area (Å²) in [5.41, 5.74) is 0. The highest BCUT2D eigenvalue weighted by Crippen LogP contribution is 2.38. The van der Waals surface area contributed by atoms with Gasteiger partial charge in [0.2, 0.25) is 0 Å². The van der Waals surface area contributed by atoms with Gasteiger partial charge in [-0.3, -0.25) is 4.21 Å². The summed E-state index contributed by atoms with van der Waals surface area (Å²) in [5, 5.41) is 0. The summed E-state index contributed by atoms with van der Waals surface area (Å²) in [5.74, 6) is -4.37. The quantitative estimate of drug-likeness (QED) is 0.487. The fourth-order valence-corrected chi connectivity index (χ4v) is 2.41. The summed E-state index contributed by atoms with van der Waals surface area (Å²) in [6.45, 7) is 1.97. The molecule has 17 heavy (non-hydrogen) atoms. The lowest BCUT2D eigenvalue weighted by Crippen LogP contribution is -2.36. The number of hydrogen-bond donors (Lipinski definition) is 0. The smallest absolute Gasteiger partial charge is 0.260 e. The zero-order valence-corrected chi connectivity index (χ0v) is 10.5. The van der Waals surface area contributed by atoms with E-state index in [1.165, 1.54) is 0 Å². The van der Waals surface area contributed by atoms with Crippen LogP contribution in [0.25, 0.3) is 0 Å². The fraction of sp³-hybridized carbons (Fsp3) is 1.00. The third-order valence-electron chi connectivity index (χ3n) is 2.25. The molecule has 0 aliphatic rings. The van der Waals surface area contributed by atoms with Crippen LogP contribution in [0.4, 0.5) is 22.0 Å². The van der Waals surface area contributed by atoms with Crippen molar-refractivity contribution < 1.29 is 26.2 Å². The lowest BCUT2D eigenvalue weighted by molar-refractivity contribution is -0.284. The Balaban J connectivity index is 3.80. The maximum Gasteiger partial charge on any atom is 0.453 e. The van der Waals surface area contributed by atoms with Crippen molar-refractivity contribution >= 4 is 10.8 Å². The van der Waals surface area contributed by atoms with E-state index in [1.54, 1.807) is 0 Å². The Morgan fingerprint density at radius 2 is 1.47 bits per heavy atom. The van der Waals surface area contributed by atoms with Crippen LogP contribution in [0.15, 0.2) is 0 Å². The van der Waals surface area contributed by atoms with E-state index >= 15 is 0 Å². The average Bonchev–Trinajstić information content (AvgIpc) is 2.16. The molecule has 7 heteroatoms. The van der Waals surface area contributed by atoms with Crippen LogP contribution < -0.4 is 0 Å². The van der Waals surface area contributed by atoms with Gasteiger partial charge in [-0.15, -0.1) is 0 Å². The van der Waals surface area contributed by atoms with Gasteiger partial charge in [0.15, 0.2) is 0 Å². The first-order valence-electron chi connectivity index (χ1n) is 5.50. The Kier molecular flexibility index (Phi) is 7.20. The molecule has 0 N–H and O–H groups in total. The minimum atomic E-state index is -5.50. The largest absolute Gasteiger partial charge is 0.453 e. The molecule has 104 valence electrons. The lowest BCUT2D eigenvalue weighted by Gasteiger charge is -2.19. The molecule has 0 amide bonds. The monoisotopic (exact) mass is 280 g/mol. The Hall–Kier alpha value is -0.200. The normalized spacial score (nSPS) is 14.9. The van der Waals surface area contributed by atoms with Crippen LogP contribution in [0.1, 0.15) is 39.0 Å². The highest BCUT2D eigenvalue weighted by Gasteiger charge is 2.56. The van der Waals surface area contributed by atoms with E-state index in [2.05, 4.69) is 0 Å². The molecule has 0 fully saturated rings. The number of hydrogen-bond acceptors (Lipinski definition) is 1. The van der Waals surface area contributed by atoms with Gasteiger partial charge in [-0.05, 0) is 12.8 Å². The molecule has 0 aromatic carbocycles. The van der Waals surface area contributed by atoms with Crippen molar-refractivity contribution in [1.82, 2.24) is 0 Å². The number of halogens is 5. The zero-order chi connectivity index (χ0) is 13.5. The summed E-state index contributed by atoms with van der Waals surface area (Å²) < 4.78 is 71.5. The van der Waals surface area contributed by atoms with Gasteiger partial charge in [-0.25, -0.2) is 0 Å². The van der Waals surface area contributed by atoms with Crippen molar-refractivity contribution in [3.05, 3.63) is 0 Å². The van der Waals surface area contributed by atoms with Crippen molar-refractivity contribution in [3.63, 3.8) is 0 Å². The zero-order valence-electron chi connectivity index (χ0n) is 9.66. The fourth-order valence-electron chi connectivity index (χ4n) is 1.21. The Bertz CT molecular complexity index is 239. The van der Waals surface area contributed by atoms with Crippen molar-refractivity contribution in [2.24, 2.45) is 0 Å². The highest BCUT2D eigenvalue weighted by molar-refractivity contribution is 7.84. The number of rotatable bonds is 8. The molecule has 1 atom stereocenters. The van der Waals surface area contributed by atoms with Gasteiger partial charge >= 0.3 is 12.1 Å². The molecule has 1 nitrogen and oxygen atoms in total. The van der Waals surface area contributed by atoms with Crippen LogP contribution in [-0.2, 0) is 10.8 Å². The standard InChI is InChI=1S/C10H17F5OS/c1-2-3-4-7-17(16)8-5-6-9(11,12)10(13,14)15/h2-8H2,1H3. The van der Waals surface area contributed by atoms with Crippen LogP contribution in [0.5, 0.6) is 0 Å². The molecule has 0 bridgehead atoms. The Morgan fingerprint density at radius 1 is 0.941 bits per heavy atom. The van der Waals surface area contributed by atoms with Gasteiger partial charge < -0.3 is 0 Å². The predicted molar refractivity (Wildman–Crippen MR) is 57.6 cm³/mol. The van der Waals surface area contributed by atoms with Gasteiger partial charge in [-0.1, -0.05) is 19.8 Å². The molecule has 0 saturated heterocycles. The molecule has 0 rings (SSSR count). The highest BCUT2D eigenvalue weighted by atomic mass is 32.2. The first kappa shape index (κ1) is 16.8. The summed E-state index contributed by atoms with van der Waals surface area (Å²) >= 11 is 0. The molecule has 1 unspecified atom stereocenters. The minimum absolute atomic E-state index is 0.0879. The molecule has 0 spiro atoms. The van der Waals surface area contributed by atoms with Crippen LogP contribution in [0.3, 0.4) is 0 Å². The predicted octanol–water partition coefficient (Wildman–Crippen LogP) is 3.90. The van der Waals surface area contributed by atoms with E-state index < -0.39 is 29.3 Å². The van der Waals surface area contributed by atoms with Crippen molar-refractivity contribution in [1.29, 1.82) is 0 Å². The second-order valence-electron chi connectivity index (χ2n) is 3.86. The molecule has 0 saturated carbocycles. The maximum absolute atomic E-state index is 12.5. The Labute approximate surface area is 100 Å². The van der Waals surface area contributed by atoms with Gasteiger partial charge in [0.1, 0.15) is 0 Å². The van der Waals surface area contributed by atoms with Crippen LogP contribution >= 0.6 is 0 Å². The second kappa shape index (κ2) is 7.28. The molecule has 0 aliphatic carbocycles. The molecular weight excluding hydrogens is 263 g/mol. The first-order chi connectivity index (χ1) is 7.70. The molecule has 0 aromatic heterocycles. The summed E-state index contributed by atoms with van der Waals surface area (Å²) in [6.07, 6.45) is -4.59. The van der Waals surface area contributed by atoms with Crippen LogP contribution in [-0.4, -0.2) is 27.8 Å². The van der Waals surface area contributed by atoms with E-state index in [1.807, 2.05) is 6.92 Å². The van der Waals surface area contributed by atoms with Gasteiger partial charge in [-0.2, -0.15) is 22.0 Å². The average molecular weight is 280 g/mol. The van der Waals surface area contributed by atoms with Crippen LogP contribution in [0, 0.1) is 0 Å². The second-order valence-corrected chi connectivity index (χ2v) is 5.56. The van der Waals surface area contributed by atoms with E-state index in [0.29, 0.717) is 5.75 Å². The third-order valence-corrected chi connectivity index (χ3v) is 3.74. The Morgan fingerprint density at radius 3 is 1.94 bits per heavy atom. The molecule has 0 aliphatic heterocycles. The first-order valence-corrected chi connectivity index (χ1v) is 6.99. The SMILES string of the molecule is CCCCCS(=O)CCCC(F)(F)C(F)(F)F. The van der Waals surface area contributed by atoms with Gasteiger partial charge in [0.25, 0.3) is 0 Å². The van der Waals surface area contributed by atoms with Crippen molar-refractivity contribution in [2.75, 3.05) is 11.5 Å². The summed E-state index contributed by atoms with van der Waals surface area (Å²) in [7, 11) is -1.28. The van der Waals surface area contributed by atoms with Gasteiger partial charge in [0.05, 0.1) is 0 Å². The minimum Gasteiger partial charge on any atom is -0.260 e. The number of unbranched alkanes of at least 4 members (excludes halogenated alkanes) is 2. The lowest BCUT2D eigenvalue weighted by atomic mass is 10.2.